The molecule has 2 atom stereocenters. The van der Waals surface area contributed by atoms with Crippen LogP contribution in [0, 0.1) is 5.41 Å². The molecule has 2 unspecified atom stereocenters. The largest absolute Gasteiger partial charge is 0.469 e. The number of nitrogens with zero attached hydrogens (tertiary/aromatic N) is 1. The molecule has 0 saturated heterocycles. The second-order valence-electron chi connectivity index (χ2n) is 6.55. The standard InChI is InChI=1S/C18H29N3O2.HI/c1-3-19-17(20-11-8-14-7-5-12-23-14)21-15-13-16(22-4-2)18(15)9-6-10-18;/h5,7,12,15-16H,3-4,6,8-11,13H2,1-2H3,(H2,19,20,21);1H. The van der Waals surface area contributed by atoms with E-state index in [4.69, 9.17) is 14.1 Å². The lowest BCUT2D eigenvalue weighted by Crippen LogP contribution is -2.68. The molecule has 6 heteroatoms. The Bertz CT molecular complexity index is 514. The molecular weight excluding hydrogens is 417 g/mol. The van der Waals surface area contributed by atoms with Crippen LogP contribution in [0.5, 0.6) is 0 Å². The lowest BCUT2D eigenvalue weighted by atomic mass is 9.51. The van der Waals surface area contributed by atoms with Crippen LogP contribution in [-0.4, -0.2) is 37.8 Å². The Morgan fingerprint density at radius 2 is 2.25 bits per heavy atom. The van der Waals surface area contributed by atoms with Crippen LogP contribution in [0.1, 0.15) is 45.3 Å². The summed E-state index contributed by atoms with van der Waals surface area (Å²) in [5, 5.41) is 7.01. The lowest BCUT2D eigenvalue weighted by Gasteiger charge is -2.61. The fourth-order valence-electron chi connectivity index (χ4n) is 3.86. The van der Waals surface area contributed by atoms with E-state index in [0.29, 0.717) is 17.6 Å². The molecule has 0 bridgehead atoms. The quantitative estimate of drug-likeness (QED) is 0.383. The van der Waals surface area contributed by atoms with E-state index in [1.54, 1.807) is 6.26 Å². The Balaban J connectivity index is 0.00000208. The molecule has 2 aliphatic rings. The maximum Gasteiger partial charge on any atom is 0.191 e. The molecule has 1 heterocycles. The van der Waals surface area contributed by atoms with Crippen molar-refractivity contribution < 1.29 is 9.15 Å². The molecule has 2 N–H and O–H groups in total. The second kappa shape index (κ2) is 9.08. The highest BCUT2D eigenvalue weighted by molar-refractivity contribution is 14.0. The van der Waals surface area contributed by atoms with Crippen LogP contribution >= 0.6 is 24.0 Å². The number of guanidine groups is 1. The zero-order valence-electron chi connectivity index (χ0n) is 14.7. The van der Waals surface area contributed by atoms with Gasteiger partial charge in [-0.25, -0.2) is 0 Å². The van der Waals surface area contributed by atoms with Gasteiger partial charge in [-0.15, -0.1) is 24.0 Å². The number of ether oxygens (including phenoxy) is 1. The SMILES string of the molecule is CCNC(=NCCc1ccco1)NC1CC(OCC)C12CCC2.I. The molecule has 0 radical (unpaired) electrons. The molecule has 2 fully saturated rings. The number of hydrogen-bond donors (Lipinski definition) is 2. The summed E-state index contributed by atoms with van der Waals surface area (Å²) < 4.78 is 11.3. The first kappa shape index (κ1) is 19.6. The summed E-state index contributed by atoms with van der Waals surface area (Å²) in [5.74, 6) is 1.91. The van der Waals surface area contributed by atoms with Crippen molar-refractivity contribution in [3.05, 3.63) is 24.2 Å². The summed E-state index contributed by atoms with van der Waals surface area (Å²) in [7, 11) is 0. The maximum atomic E-state index is 5.92. The van der Waals surface area contributed by atoms with Gasteiger partial charge in [0.2, 0.25) is 0 Å². The van der Waals surface area contributed by atoms with Crippen LogP contribution in [0.15, 0.2) is 27.8 Å². The third kappa shape index (κ3) is 4.07. The fraction of sp³-hybridized carbons (Fsp3) is 0.722. The zero-order valence-corrected chi connectivity index (χ0v) is 17.0. The highest BCUT2D eigenvalue weighted by Crippen LogP contribution is 2.57. The second-order valence-corrected chi connectivity index (χ2v) is 6.55. The molecule has 0 amide bonds. The molecule has 24 heavy (non-hydrogen) atoms. The molecule has 0 aliphatic heterocycles. The highest BCUT2D eigenvalue weighted by atomic mass is 127. The zero-order chi connectivity index (χ0) is 16.1. The minimum Gasteiger partial charge on any atom is -0.469 e. The van der Waals surface area contributed by atoms with Gasteiger partial charge in [0.05, 0.1) is 12.4 Å². The van der Waals surface area contributed by atoms with Crippen molar-refractivity contribution >= 4 is 29.9 Å². The molecule has 5 nitrogen and oxygen atoms in total. The van der Waals surface area contributed by atoms with Gasteiger partial charge in [-0.1, -0.05) is 6.42 Å². The van der Waals surface area contributed by atoms with E-state index in [-0.39, 0.29) is 24.0 Å². The number of nitrogens with one attached hydrogen (secondary N) is 2. The van der Waals surface area contributed by atoms with Crippen molar-refractivity contribution in [3.63, 3.8) is 0 Å². The van der Waals surface area contributed by atoms with Crippen LogP contribution < -0.4 is 10.6 Å². The molecule has 1 aromatic heterocycles. The molecule has 1 spiro atoms. The fourth-order valence-corrected chi connectivity index (χ4v) is 3.86. The van der Waals surface area contributed by atoms with Crippen LogP contribution in [0.4, 0.5) is 0 Å². The van der Waals surface area contributed by atoms with Gasteiger partial charge in [0.1, 0.15) is 5.76 Å². The minimum atomic E-state index is 0. The van der Waals surface area contributed by atoms with Crippen molar-refractivity contribution in [1.29, 1.82) is 0 Å². The Hall–Kier alpha value is -0.760. The summed E-state index contributed by atoms with van der Waals surface area (Å²) in [6, 6.07) is 4.41. The summed E-state index contributed by atoms with van der Waals surface area (Å²) >= 11 is 0. The first-order valence-electron chi connectivity index (χ1n) is 8.97. The Kier molecular flexibility index (Phi) is 7.40. The first-order valence-corrected chi connectivity index (χ1v) is 8.97. The van der Waals surface area contributed by atoms with Crippen molar-refractivity contribution in [2.45, 2.75) is 58.1 Å². The van der Waals surface area contributed by atoms with E-state index in [9.17, 15) is 0 Å². The van der Waals surface area contributed by atoms with Crippen molar-refractivity contribution in [2.24, 2.45) is 10.4 Å². The molecule has 1 aromatic rings. The number of aliphatic imine (C=N–C) groups is 1. The number of hydrogen-bond acceptors (Lipinski definition) is 3. The first-order chi connectivity index (χ1) is 11.3. The monoisotopic (exact) mass is 447 g/mol. The van der Waals surface area contributed by atoms with E-state index < -0.39 is 0 Å². The third-order valence-electron chi connectivity index (χ3n) is 5.30. The highest BCUT2D eigenvalue weighted by Gasteiger charge is 2.59. The van der Waals surface area contributed by atoms with Gasteiger partial charge in [0.25, 0.3) is 0 Å². The Morgan fingerprint density at radius 3 is 2.83 bits per heavy atom. The van der Waals surface area contributed by atoms with E-state index >= 15 is 0 Å². The topological polar surface area (TPSA) is 58.8 Å². The number of rotatable bonds is 7. The predicted molar refractivity (Wildman–Crippen MR) is 107 cm³/mol. The lowest BCUT2D eigenvalue weighted by molar-refractivity contribution is -0.168. The van der Waals surface area contributed by atoms with Gasteiger partial charge in [0, 0.05) is 37.6 Å². The minimum absolute atomic E-state index is 0. The van der Waals surface area contributed by atoms with Crippen LogP contribution in [0.2, 0.25) is 0 Å². The molecule has 0 aromatic carbocycles. The Labute approximate surface area is 162 Å². The van der Waals surface area contributed by atoms with Gasteiger partial charge < -0.3 is 19.8 Å². The maximum absolute atomic E-state index is 5.92. The van der Waals surface area contributed by atoms with E-state index in [0.717, 1.165) is 44.3 Å². The van der Waals surface area contributed by atoms with Gasteiger partial charge in [-0.05, 0) is 45.2 Å². The van der Waals surface area contributed by atoms with E-state index in [2.05, 4.69) is 24.5 Å². The van der Waals surface area contributed by atoms with Crippen LogP contribution in [0.3, 0.4) is 0 Å². The summed E-state index contributed by atoms with van der Waals surface area (Å²) in [5.41, 5.74) is 0.354. The van der Waals surface area contributed by atoms with Gasteiger partial charge in [-0.2, -0.15) is 0 Å². The smallest absolute Gasteiger partial charge is 0.191 e. The average molecular weight is 447 g/mol. The predicted octanol–water partition coefficient (Wildman–Crippen LogP) is 3.34. The molecule has 2 aliphatic carbocycles. The van der Waals surface area contributed by atoms with Crippen molar-refractivity contribution in [2.75, 3.05) is 19.7 Å². The summed E-state index contributed by atoms with van der Waals surface area (Å²) in [4.78, 5) is 4.70. The van der Waals surface area contributed by atoms with Crippen molar-refractivity contribution in [1.82, 2.24) is 10.6 Å². The number of halogens is 1. The van der Waals surface area contributed by atoms with Gasteiger partial charge in [-0.3, -0.25) is 4.99 Å². The third-order valence-corrected chi connectivity index (χ3v) is 5.30. The molecule has 136 valence electrons. The molecule has 2 saturated carbocycles. The summed E-state index contributed by atoms with van der Waals surface area (Å²) in [6.45, 7) is 6.62. The number of furan rings is 1. The van der Waals surface area contributed by atoms with Crippen LogP contribution in [0.25, 0.3) is 0 Å². The van der Waals surface area contributed by atoms with E-state index in [1.807, 2.05) is 12.1 Å². The van der Waals surface area contributed by atoms with Gasteiger partial charge >= 0.3 is 0 Å². The summed E-state index contributed by atoms with van der Waals surface area (Å²) in [6.07, 6.45) is 7.96. The average Bonchev–Trinajstić information content (AvgIpc) is 2.97. The molecular formula is C18H30IN3O2. The molecule has 3 rings (SSSR count). The van der Waals surface area contributed by atoms with Crippen molar-refractivity contribution in [3.8, 4) is 0 Å². The van der Waals surface area contributed by atoms with Gasteiger partial charge in [0.15, 0.2) is 5.96 Å². The normalized spacial score (nSPS) is 24.7. The Morgan fingerprint density at radius 1 is 1.42 bits per heavy atom. The van der Waals surface area contributed by atoms with E-state index in [1.165, 1.54) is 19.3 Å². The van der Waals surface area contributed by atoms with Crippen LogP contribution in [-0.2, 0) is 11.2 Å².